The lowest BCUT2D eigenvalue weighted by Gasteiger charge is -2.31. The number of rotatable bonds is 8. The van der Waals surface area contributed by atoms with Gasteiger partial charge in [-0.05, 0) is 54.2 Å². The van der Waals surface area contributed by atoms with Crippen LogP contribution in [0.5, 0.6) is 0 Å². The zero-order valence-electron chi connectivity index (χ0n) is 19.5. The number of hydrogen-bond acceptors (Lipinski definition) is 5. The maximum Gasteiger partial charge on any atom is 0.410 e. The largest absolute Gasteiger partial charge is 0.445 e. The molecular weight excluding hydrogens is 476 g/mol. The highest BCUT2D eigenvalue weighted by Crippen LogP contribution is 2.18. The molecule has 2 heterocycles. The smallest absolute Gasteiger partial charge is 0.410 e. The lowest BCUT2D eigenvalue weighted by Crippen LogP contribution is -2.41. The third-order valence-corrected chi connectivity index (χ3v) is 6.29. The molecule has 2 N–H and O–H groups in total. The Hall–Kier alpha value is -3.58. The second-order valence-electron chi connectivity index (χ2n) is 8.59. The predicted molar refractivity (Wildman–Crippen MR) is 143 cm³/mol. The Morgan fingerprint density at radius 3 is 2.44 bits per heavy atom. The minimum atomic E-state index is -0.285. The van der Waals surface area contributed by atoms with E-state index in [0.29, 0.717) is 48.5 Å². The third kappa shape index (κ3) is 7.99. The third-order valence-electron chi connectivity index (χ3n) is 6.04. The molecular formula is C28H33ClN4O3. The molecule has 3 aromatic rings. The van der Waals surface area contributed by atoms with Crippen molar-refractivity contribution in [1.29, 1.82) is 0 Å². The van der Waals surface area contributed by atoms with Crippen LogP contribution in [0.15, 0.2) is 72.9 Å². The Kier molecular flexibility index (Phi) is 10.1. The molecule has 1 aliphatic heterocycles. The van der Waals surface area contributed by atoms with E-state index in [1.165, 1.54) is 0 Å². The normalized spacial score (nSPS) is 13.4. The van der Waals surface area contributed by atoms with Gasteiger partial charge in [0.15, 0.2) is 0 Å². The van der Waals surface area contributed by atoms with E-state index in [9.17, 15) is 9.59 Å². The average molecular weight is 509 g/mol. The number of pyridine rings is 1. The van der Waals surface area contributed by atoms with Crippen molar-refractivity contribution in [3.8, 4) is 0 Å². The van der Waals surface area contributed by atoms with Crippen molar-refractivity contribution >= 4 is 29.4 Å². The molecule has 0 atom stereocenters. The quantitative estimate of drug-likeness (QED) is 0.404. The minimum absolute atomic E-state index is 0. The first-order valence-electron chi connectivity index (χ1n) is 11.7. The molecule has 0 bridgehead atoms. The number of aromatic nitrogens is 1. The van der Waals surface area contributed by atoms with Crippen molar-refractivity contribution in [2.45, 2.75) is 33.4 Å². The standard InChI is InChI=1S/C27H29ClN4O3.CH4/c28-24-8-6-20(7-9-24)17-30-25-16-23(10-13-29-25)26(33)31-18-21-11-14-32(15-12-21)27(34)35-19-22-4-2-1-3-5-22;/h1-10,13,16,21H,11-12,14-15,17-19H2,(H,29,30)(H,31,33);1H4. The molecule has 36 heavy (non-hydrogen) atoms. The van der Waals surface area contributed by atoms with Gasteiger partial charge in [0.1, 0.15) is 12.4 Å². The van der Waals surface area contributed by atoms with Crippen LogP contribution in [0, 0.1) is 5.92 Å². The van der Waals surface area contributed by atoms with Crippen LogP contribution >= 0.6 is 11.6 Å². The fourth-order valence-corrected chi connectivity index (χ4v) is 4.06. The van der Waals surface area contributed by atoms with E-state index in [1.54, 1.807) is 23.2 Å². The zero-order valence-corrected chi connectivity index (χ0v) is 20.2. The SMILES string of the molecule is C.O=C(NCC1CCN(C(=O)OCc2ccccc2)CC1)c1ccnc(NCc2ccc(Cl)cc2)c1. The van der Waals surface area contributed by atoms with E-state index < -0.39 is 0 Å². The van der Waals surface area contributed by atoms with Crippen molar-refractivity contribution in [3.05, 3.63) is 94.6 Å². The number of piperidine rings is 1. The molecule has 1 aromatic heterocycles. The second-order valence-corrected chi connectivity index (χ2v) is 9.03. The maximum absolute atomic E-state index is 12.7. The van der Waals surface area contributed by atoms with E-state index >= 15 is 0 Å². The van der Waals surface area contributed by atoms with Crippen molar-refractivity contribution in [2.24, 2.45) is 5.92 Å². The van der Waals surface area contributed by atoms with Crippen molar-refractivity contribution < 1.29 is 14.3 Å². The minimum Gasteiger partial charge on any atom is -0.445 e. The van der Waals surface area contributed by atoms with Gasteiger partial charge >= 0.3 is 6.09 Å². The Bertz CT molecular complexity index is 1120. The van der Waals surface area contributed by atoms with Crippen molar-refractivity contribution in [3.63, 3.8) is 0 Å². The monoisotopic (exact) mass is 508 g/mol. The summed E-state index contributed by atoms with van der Waals surface area (Å²) in [6.45, 7) is 2.69. The van der Waals surface area contributed by atoms with Gasteiger partial charge in [-0.3, -0.25) is 4.79 Å². The number of nitrogens with zero attached hydrogens (tertiary/aromatic N) is 2. The maximum atomic E-state index is 12.7. The summed E-state index contributed by atoms with van der Waals surface area (Å²) in [6, 6.07) is 20.7. The predicted octanol–water partition coefficient (Wildman–Crippen LogP) is 5.76. The number of ether oxygens (including phenoxy) is 1. The first kappa shape index (κ1) is 27.0. The summed E-state index contributed by atoms with van der Waals surface area (Å²) in [4.78, 5) is 31.0. The molecule has 4 rings (SSSR count). The molecule has 1 aliphatic rings. The summed E-state index contributed by atoms with van der Waals surface area (Å²) in [5.74, 6) is 0.822. The number of amides is 2. The first-order valence-corrected chi connectivity index (χ1v) is 12.1. The van der Waals surface area contributed by atoms with E-state index in [4.69, 9.17) is 16.3 Å². The number of carbonyl (C=O) groups is 2. The summed E-state index contributed by atoms with van der Waals surface area (Å²) < 4.78 is 5.42. The molecule has 2 aromatic carbocycles. The summed E-state index contributed by atoms with van der Waals surface area (Å²) in [7, 11) is 0. The fourth-order valence-electron chi connectivity index (χ4n) is 3.93. The summed E-state index contributed by atoms with van der Waals surface area (Å²) in [6.07, 6.45) is 2.99. The Labute approximate surface area is 217 Å². The molecule has 0 aliphatic carbocycles. The van der Waals surface area contributed by atoms with Crippen molar-refractivity contribution in [1.82, 2.24) is 15.2 Å². The molecule has 1 fully saturated rings. The van der Waals surface area contributed by atoms with Crippen LogP contribution < -0.4 is 10.6 Å². The van der Waals surface area contributed by atoms with Gasteiger partial charge in [0.25, 0.3) is 5.91 Å². The summed E-state index contributed by atoms with van der Waals surface area (Å²) >= 11 is 5.92. The molecule has 7 nitrogen and oxygen atoms in total. The van der Waals surface area contributed by atoms with Gasteiger partial charge in [-0.2, -0.15) is 0 Å². The molecule has 8 heteroatoms. The van der Waals surface area contributed by atoms with E-state index in [2.05, 4.69) is 15.6 Å². The number of anilines is 1. The van der Waals surface area contributed by atoms with Gasteiger partial charge in [0.05, 0.1) is 0 Å². The average Bonchev–Trinajstić information content (AvgIpc) is 2.91. The lowest BCUT2D eigenvalue weighted by molar-refractivity contribution is 0.0801. The Morgan fingerprint density at radius 1 is 1.00 bits per heavy atom. The van der Waals surface area contributed by atoms with Crippen LogP contribution in [0.25, 0.3) is 0 Å². The fraction of sp³-hybridized carbons (Fsp3) is 0.321. The molecule has 0 unspecified atom stereocenters. The van der Waals surface area contributed by atoms with Gasteiger partial charge in [-0.1, -0.05) is 61.5 Å². The van der Waals surface area contributed by atoms with Crippen LogP contribution in [0.1, 0.15) is 41.8 Å². The highest BCUT2D eigenvalue weighted by Gasteiger charge is 2.24. The van der Waals surface area contributed by atoms with Crippen LogP contribution in [-0.4, -0.2) is 41.5 Å². The molecule has 190 valence electrons. The molecule has 1 saturated heterocycles. The highest BCUT2D eigenvalue weighted by molar-refractivity contribution is 6.30. The number of hydrogen-bond donors (Lipinski definition) is 2. The van der Waals surface area contributed by atoms with Crippen molar-refractivity contribution in [2.75, 3.05) is 25.0 Å². The van der Waals surface area contributed by atoms with E-state index in [-0.39, 0.29) is 26.0 Å². The number of likely N-dealkylation sites (tertiary alicyclic amines) is 1. The molecule has 0 spiro atoms. The summed E-state index contributed by atoms with van der Waals surface area (Å²) in [5, 5.41) is 6.95. The van der Waals surface area contributed by atoms with Gasteiger partial charge in [-0.25, -0.2) is 9.78 Å². The van der Waals surface area contributed by atoms with Crippen LogP contribution in [-0.2, 0) is 17.9 Å². The molecule has 2 amide bonds. The molecule has 0 saturated carbocycles. The summed E-state index contributed by atoms with van der Waals surface area (Å²) in [5.41, 5.74) is 2.60. The zero-order chi connectivity index (χ0) is 24.5. The lowest BCUT2D eigenvalue weighted by atomic mass is 9.97. The van der Waals surface area contributed by atoms with Crippen LogP contribution in [0.3, 0.4) is 0 Å². The second kappa shape index (κ2) is 13.5. The number of benzene rings is 2. The number of halogens is 1. The van der Waals surface area contributed by atoms with E-state index in [0.717, 1.165) is 24.0 Å². The van der Waals surface area contributed by atoms with Crippen LogP contribution in [0.4, 0.5) is 10.6 Å². The van der Waals surface area contributed by atoms with Gasteiger partial charge in [0, 0.05) is 43.0 Å². The van der Waals surface area contributed by atoms with E-state index in [1.807, 2.05) is 54.6 Å². The Morgan fingerprint density at radius 2 is 1.72 bits per heavy atom. The van der Waals surface area contributed by atoms with Gasteiger partial charge in [0.2, 0.25) is 0 Å². The van der Waals surface area contributed by atoms with Gasteiger partial charge in [-0.15, -0.1) is 0 Å². The molecule has 0 radical (unpaired) electrons. The topological polar surface area (TPSA) is 83.6 Å². The number of carbonyl (C=O) groups excluding carboxylic acids is 2. The number of nitrogens with one attached hydrogen (secondary N) is 2. The first-order chi connectivity index (χ1) is 17.1. The van der Waals surface area contributed by atoms with Crippen LogP contribution in [0.2, 0.25) is 5.02 Å². The Balaban J connectivity index is 0.00000361. The van der Waals surface area contributed by atoms with Gasteiger partial charge < -0.3 is 20.3 Å². The highest BCUT2D eigenvalue weighted by atomic mass is 35.5.